The first-order valence-corrected chi connectivity index (χ1v) is 6.94. The Morgan fingerprint density at radius 1 is 0.955 bits per heavy atom. The minimum Gasteiger partial charge on any atom is -0.481 e. The number of hydrogen-bond acceptors (Lipinski definition) is 2. The van der Waals surface area contributed by atoms with Crippen molar-refractivity contribution in [2.24, 2.45) is 0 Å². The first-order chi connectivity index (χ1) is 10.5. The summed E-state index contributed by atoms with van der Waals surface area (Å²) in [6.45, 7) is 3.41. The number of carbonyl (C=O) groups is 1. The van der Waals surface area contributed by atoms with Crippen molar-refractivity contribution in [2.75, 3.05) is 0 Å². The molecule has 0 fully saturated rings. The Labute approximate surface area is 127 Å². The zero-order valence-corrected chi connectivity index (χ0v) is 12.3. The van der Waals surface area contributed by atoms with Crippen LogP contribution in [-0.2, 0) is 4.79 Å². The molecule has 0 saturated heterocycles. The molecule has 1 amide bonds. The summed E-state index contributed by atoms with van der Waals surface area (Å²) in [5.41, 5.74) is 0.795. The average Bonchev–Trinajstić information content (AvgIpc) is 2.50. The van der Waals surface area contributed by atoms with Crippen molar-refractivity contribution in [1.29, 1.82) is 0 Å². The van der Waals surface area contributed by atoms with Crippen molar-refractivity contribution in [3.05, 3.63) is 65.7 Å². The molecule has 0 bridgehead atoms. The van der Waals surface area contributed by atoms with Crippen LogP contribution in [0, 0.1) is 11.6 Å². The number of benzene rings is 2. The van der Waals surface area contributed by atoms with Gasteiger partial charge in [-0.15, -0.1) is 0 Å². The molecule has 2 aromatic rings. The van der Waals surface area contributed by atoms with E-state index < -0.39 is 6.10 Å². The molecule has 0 spiro atoms. The summed E-state index contributed by atoms with van der Waals surface area (Å²) in [5.74, 6) is -0.579. The predicted octanol–water partition coefficient (Wildman–Crippen LogP) is 3.61. The third-order valence-corrected chi connectivity index (χ3v) is 3.22. The summed E-state index contributed by atoms with van der Waals surface area (Å²) < 4.78 is 31.1. The highest BCUT2D eigenvalue weighted by molar-refractivity contribution is 5.81. The van der Waals surface area contributed by atoms with Crippen LogP contribution >= 0.6 is 0 Å². The summed E-state index contributed by atoms with van der Waals surface area (Å²) in [7, 11) is 0. The summed E-state index contributed by atoms with van der Waals surface area (Å²) in [6, 6.07) is 11.1. The van der Waals surface area contributed by atoms with Crippen molar-refractivity contribution in [2.45, 2.75) is 26.0 Å². The molecule has 116 valence electrons. The maximum Gasteiger partial charge on any atom is 0.261 e. The van der Waals surface area contributed by atoms with Crippen molar-refractivity contribution >= 4 is 5.91 Å². The maximum atomic E-state index is 12.9. The lowest BCUT2D eigenvalue weighted by molar-refractivity contribution is -0.127. The van der Waals surface area contributed by atoms with Crippen LogP contribution in [0.3, 0.4) is 0 Å². The lowest BCUT2D eigenvalue weighted by atomic mass is 10.1. The summed E-state index contributed by atoms with van der Waals surface area (Å²) in [4.78, 5) is 12.1. The van der Waals surface area contributed by atoms with E-state index in [1.54, 1.807) is 26.0 Å². The second-order valence-corrected chi connectivity index (χ2v) is 5.00. The molecule has 3 nitrogen and oxygen atoms in total. The van der Waals surface area contributed by atoms with Crippen LogP contribution in [-0.4, -0.2) is 12.0 Å². The molecule has 2 aromatic carbocycles. The van der Waals surface area contributed by atoms with E-state index >= 15 is 0 Å². The Morgan fingerprint density at radius 3 is 2.00 bits per heavy atom. The normalized spacial score (nSPS) is 13.3. The van der Waals surface area contributed by atoms with Gasteiger partial charge in [0.15, 0.2) is 6.10 Å². The zero-order chi connectivity index (χ0) is 16.1. The fourth-order valence-electron chi connectivity index (χ4n) is 1.94. The van der Waals surface area contributed by atoms with E-state index in [0.29, 0.717) is 5.75 Å². The summed E-state index contributed by atoms with van der Waals surface area (Å²) in [6.07, 6.45) is -0.728. The Balaban J connectivity index is 1.93. The standard InChI is InChI=1S/C17H17F2NO2/c1-11(13-3-5-14(18)6-4-13)20-17(21)12(2)22-16-9-7-15(19)8-10-16/h3-12H,1-2H3,(H,20,21)/t11-,12-/m0/s1. The first-order valence-electron chi connectivity index (χ1n) is 6.94. The van der Waals surface area contributed by atoms with Crippen molar-refractivity contribution in [1.82, 2.24) is 5.32 Å². The largest absolute Gasteiger partial charge is 0.481 e. The summed E-state index contributed by atoms with van der Waals surface area (Å²) in [5, 5.41) is 2.79. The second-order valence-electron chi connectivity index (χ2n) is 5.00. The Morgan fingerprint density at radius 2 is 1.45 bits per heavy atom. The van der Waals surface area contributed by atoms with Gasteiger partial charge in [0.25, 0.3) is 5.91 Å². The van der Waals surface area contributed by atoms with Gasteiger partial charge in [0.1, 0.15) is 17.4 Å². The Bertz CT molecular complexity index is 626. The molecule has 0 aliphatic carbocycles. The third-order valence-electron chi connectivity index (χ3n) is 3.22. The van der Waals surface area contributed by atoms with E-state index in [-0.39, 0.29) is 23.6 Å². The molecule has 0 aliphatic heterocycles. The molecule has 0 radical (unpaired) electrons. The van der Waals surface area contributed by atoms with Gasteiger partial charge in [0, 0.05) is 0 Å². The number of halogens is 2. The highest BCUT2D eigenvalue weighted by Crippen LogP contribution is 2.15. The summed E-state index contributed by atoms with van der Waals surface area (Å²) >= 11 is 0. The second kappa shape index (κ2) is 7.02. The molecule has 0 heterocycles. The van der Waals surface area contributed by atoms with Crippen molar-refractivity contribution in [3.8, 4) is 5.75 Å². The number of rotatable bonds is 5. The average molecular weight is 305 g/mol. The van der Waals surface area contributed by atoms with Gasteiger partial charge in [-0.25, -0.2) is 8.78 Å². The van der Waals surface area contributed by atoms with E-state index in [0.717, 1.165) is 5.56 Å². The number of amides is 1. The highest BCUT2D eigenvalue weighted by Gasteiger charge is 2.17. The predicted molar refractivity (Wildman–Crippen MR) is 79.4 cm³/mol. The van der Waals surface area contributed by atoms with Crippen LogP contribution in [0.25, 0.3) is 0 Å². The lowest BCUT2D eigenvalue weighted by Gasteiger charge is -2.19. The van der Waals surface area contributed by atoms with Gasteiger partial charge in [-0.2, -0.15) is 0 Å². The Hall–Kier alpha value is -2.43. The fraction of sp³-hybridized carbons (Fsp3) is 0.235. The molecular formula is C17H17F2NO2. The molecule has 0 aliphatic rings. The first kappa shape index (κ1) is 15.9. The van der Waals surface area contributed by atoms with Crippen LogP contribution in [0.2, 0.25) is 0 Å². The molecule has 2 rings (SSSR count). The van der Waals surface area contributed by atoms with E-state index in [1.807, 2.05) is 0 Å². The van der Waals surface area contributed by atoms with Gasteiger partial charge in [0.05, 0.1) is 6.04 Å². The van der Waals surface area contributed by atoms with Crippen LogP contribution in [0.5, 0.6) is 5.75 Å². The van der Waals surface area contributed by atoms with Gasteiger partial charge >= 0.3 is 0 Å². The molecule has 22 heavy (non-hydrogen) atoms. The van der Waals surface area contributed by atoms with Crippen molar-refractivity contribution < 1.29 is 18.3 Å². The molecule has 0 saturated carbocycles. The van der Waals surface area contributed by atoms with Gasteiger partial charge in [0.2, 0.25) is 0 Å². The van der Waals surface area contributed by atoms with Gasteiger partial charge < -0.3 is 10.1 Å². The highest BCUT2D eigenvalue weighted by atomic mass is 19.1. The Kier molecular flexibility index (Phi) is 5.09. The molecule has 0 aromatic heterocycles. The molecule has 1 N–H and O–H groups in total. The third kappa shape index (κ3) is 4.28. The minimum atomic E-state index is -0.728. The van der Waals surface area contributed by atoms with Crippen LogP contribution < -0.4 is 10.1 Å². The van der Waals surface area contributed by atoms with E-state index in [4.69, 9.17) is 4.74 Å². The van der Waals surface area contributed by atoms with E-state index in [9.17, 15) is 13.6 Å². The molecule has 2 atom stereocenters. The maximum absolute atomic E-state index is 12.9. The number of carbonyl (C=O) groups excluding carboxylic acids is 1. The minimum absolute atomic E-state index is 0.271. The van der Waals surface area contributed by atoms with E-state index in [2.05, 4.69) is 5.32 Å². The number of hydrogen-bond donors (Lipinski definition) is 1. The fourth-order valence-corrected chi connectivity index (χ4v) is 1.94. The van der Waals surface area contributed by atoms with Crippen LogP contribution in [0.1, 0.15) is 25.5 Å². The van der Waals surface area contributed by atoms with Crippen LogP contribution in [0.4, 0.5) is 8.78 Å². The topological polar surface area (TPSA) is 38.3 Å². The van der Waals surface area contributed by atoms with Gasteiger partial charge in [-0.3, -0.25) is 4.79 Å². The lowest BCUT2D eigenvalue weighted by Crippen LogP contribution is -2.37. The molecular weight excluding hydrogens is 288 g/mol. The van der Waals surface area contributed by atoms with Crippen LogP contribution in [0.15, 0.2) is 48.5 Å². The SMILES string of the molecule is C[C@H](Oc1ccc(F)cc1)C(=O)N[C@@H](C)c1ccc(F)cc1. The van der Waals surface area contributed by atoms with Gasteiger partial charge in [-0.05, 0) is 55.8 Å². The molecule has 5 heteroatoms. The number of ether oxygens (including phenoxy) is 1. The monoisotopic (exact) mass is 305 g/mol. The number of nitrogens with one attached hydrogen (secondary N) is 1. The van der Waals surface area contributed by atoms with E-state index in [1.165, 1.54) is 36.4 Å². The molecule has 0 unspecified atom stereocenters. The zero-order valence-electron chi connectivity index (χ0n) is 12.3. The van der Waals surface area contributed by atoms with Crippen molar-refractivity contribution in [3.63, 3.8) is 0 Å². The quantitative estimate of drug-likeness (QED) is 0.916. The smallest absolute Gasteiger partial charge is 0.261 e. The van der Waals surface area contributed by atoms with Gasteiger partial charge in [-0.1, -0.05) is 12.1 Å².